The van der Waals surface area contributed by atoms with E-state index in [0.29, 0.717) is 27.6 Å². The highest BCUT2D eigenvalue weighted by Crippen LogP contribution is 2.42. The average molecular weight is 286 g/mol. The van der Waals surface area contributed by atoms with E-state index < -0.39 is 0 Å². The van der Waals surface area contributed by atoms with E-state index in [1.807, 2.05) is 0 Å². The maximum Gasteiger partial charge on any atom is 0.231 e. The number of carbonyl (C=O) groups is 2. The second kappa shape index (κ2) is 4.23. The van der Waals surface area contributed by atoms with Crippen molar-refractivity contribution in [2.75, 3.05) is 13.3 Å². The summed E-state index contributed by atoms with van der Waals surface area (Å²) in [6.07, 6.45) is 0.648. The van der Waals surface area contributed by atoms with Crippen molar-refractivity contribution in [1.29, 1.82) is 0 Å². The molecule has 6 heteroatoms. The molecule has 0 spiro atoms. The third-order valence-electron chi connectivity index (χ3n) is 2.21. The van der Waals surface area contributed by atoms with Gasteiger partial charge in [-0.15, -0.1) is 0 Å². The Labute approximate surface area is 99.6 Å². The number of Topliss-reactive ketones (excluding diaryl/α,β-unsaturated/α-hetero) is 1. The van der Waals surface area contributed by atoms with Gasteiger partial charge in [0.2, 0.25) is 6.79 Å². The number of fused-ring (bicyclic) bond motifs is 1. The zero-order valence-corrected chi connectivity index (χ0v) is 9.74. The van der Waals surface area contributed by atoms with Crippen LogP contribution in [0.3, 0.4) is 0 Å². The second-order valence-electron chi connectivity index (χ2n) is 3.13. The molecule has 1 aliphatic heterocycles. The van der Waals surface area contributed by atoms with Crippen LogP contribution in [-0.2, 0) is 0 Å². The highest BCUT2D eigenvalue weighted by Gasteiger charge is 2.27. The molecule has 0 bridgehead atoms. The largest absolute Gasteiger partial charge is 0.453 e. The lowest BCUT2D eigenvalue weighted by Crippen LogP contribution is -2.15. The fourth-order valence-corrected chi connectivity index (χ4v) is 2.16. The van der Waals surface area contributed by atoms with Crippen molar-refractivity contribution in [3.8, 4) is 11.5 Å². The minimum absolute atomic E-state index is 0.00250. The molecule has 5 nitrogen and oxygen atoms in total. The first-order valence-electron chi connectivity index (χ1n) is 4.49. The van der Waals surface area contributed by atoms with Crippen molar-refractivity contribution < 1.29 is 19.1 Å². The highest BCUT2D eigenvalue weighted by atomic mass is 79.9. The lowest BCUT2D eigenvalue weighted by atomic mass is 10.1. The van der Waals surface area contributed by atoms with E-state index in [1.165, 1.54) is 6.07 Å². The Hall–Kier alpha value is -1.40. The van der Waals surface area contributed by atoms with Crippen LogP contribution in [-0.4, -0.2) is 25.4 Å². The summed E-state index contributed by atoms with van der Waals surface area (Å²) < 4.78 is 10.8. The van der Waals surface area contributed by atoms with Crippen molar-refractivity contribution in [2.45, 2.75) is 0 Å². The van der Waals surface area contributed by atoms with Gasteiger partial charge in [0.25, 0.3) is 0 Å². The summed E-state index contributed by atoms with van der Waals surface area (Å²) in [7, 11) is 0. The fraction of sp³-hybridized carbons (Fsp3) is 0.200. The molecule has 0 fully saturated rings. The number of rotatable bonds is 3. The van der Waals surface area contributed by atoms with E-state index in [1.54, 1.807) is 0 Å². The Morgan fingerprint density at radius 2 is 2.19 bits per heavy atom. The van der Waals surface area contributed by atoms with Crippen molar-refractivity contribution in [2.24, 2.45) is 5.73 Å². The lowest BCUT2D eigenvalue weighted by molar-refractivity contribution is 0.0995. The Morgan fingerprint density at radius 1 is 1.50 bits per heavy atom. The normalized spacial score (nSPS) is 12.6. The minimum atomic E-state index is -0.272. The molecule has 84 valence electrons. The maximum atomic E-state index is 11.6. The van der Waals surface area contributed by atoms with Gasteiger partial charge in [0.1, 0.15) is 0 Å². The van der Waals surface area contributed by atoms with Crippen LogP contribution in [0.2, 0.25) is 0 Å². The number of hydrogen-bond acceptors (Lipinski definition) is 5. The number of aldehydes is 1. The summed E-state index contributed by atoms with van der Waals surface area (Å²) >= 11 is 3.21. The van der Waals surface area contributed by atoms with Gasteiger partial charge in [-0.1, -0.05) is 0 Å². The lowest BCUT2D eigenvalue weighted by Gasteiger charge is -2.07. The molecule has 0 unspecified atom stereocenters. The average Bonchev–Trinajstić information content (AvgIpc) is 2.75. The van der Waals surface area contributed by atoms with Gasteiger partial charge in [-0.3, -0.25) is 9.59 Å². The van der Waals surface area contributed by atoms with Crippen LogP contribution >= 0.6 is 15.9 Å². The predicted molar refractivity (Wildman–Crippen MR) is 59.0 cm³/mol. The summed E-state index contributed by atoms with van der Waals surface area (Å²) in [5.41, 5.74) is 5.96. The number of halogens is 1. The standard InChI is InChI=1S/C10H8BrNO4/c11-6-1-5(3-13)9-10(16-4-15-9)8(6)7(14)2-12/h1,3H,2,4,12H2. The fourth-order valence-electron chi connectivity index (χ4n) is 1.51. The first kappa shape index (κ1) is 11.1. The number of nitrogens with two attached hydrogens (primary N) is 1. The van der Waals surface area contributed by atoms with Crippen molar-refractivity contribution >= 4 is 28.0 Å². The van der Waals surface area contributed by atoms with Gasteiger partial charge in [-0.2, -0.15) is 0 Å². The minimum Gasteiger partial charge on any atom is -0.453 e. The second-order valence-corrected chi connectivity index (χ2v) is 3.99. The summed E-state index contributed by atoms with van der Waals surface area (Å²) in [6, 6.07) is 1.52. The van der Waals surface area contributed by atoms with Crippen molar-refractivity contribution in [3.63, 3.8) is 0 Å². The number of ether oxygens (including phenoxy) is 2. The van der Waals surface area contributed by atoms with Gasteiger partial charge in [-0.05, 0) is 22.0 Å². The molecular formula is C10H8BrNO4. The molecule has 2 N–H and O–H groups in total. The Bertz CT molecular complexity index is 472. The first-order chi connectivity index (χ1) is 7.69. The topological polar surface area (TPSA) is 78.6 Å². The van der Waals surface area contributed by atoms with Crippen LogP contribution < -0.4 is 15.2 Å². The number of benzene rings is 1. The smallest absolute Gasteiger partial charge is 0.231 e. The molecule has 1 heterocycles. The van der Waals surface area contributed by atoms with Crippen LogP contribution in [0.15, 0.2) is 10.5 Å². The Balaban J connectivity index is 2.67. The van der Waals surface area contributed by atoms with Crippen LogP contribution in [0.1, 0.15) is 20.7 Å². The number of ketones is 1. The Morgan fingerprint density at radius 3 is 2.81 bits per heavy atom. The maximum absolute atomic E-state index is 11.6. The predicted octanol–water partition coefficient (Wildman–Crippen LogP) is 1.13. The molecule has 0 atom stereocenters. The quantitative estimate of drug-likeness (QED) is 0.665. The Kier molecular flexibility index (Phi) is 2.93. The molecule has 16 heavy (non-hydrogen) atoms. The molecule has 1 aromatic rings. The van der Waals surface area contributed by atoms with Crippen LogP contribution in [0.5, 0.6) is 11.5 Å². The first-order valence-corrected chi connectivity index (χ1v) is 5.29. The van der Waals surface area contributed by atoms with E-state index in [2.05, 4.69) is 15.9 Å². The molecule has 0 aromatic heterocycles. The molecule has 1 aromatic carbocycles. The molecule has 1 aliphatic rings. The van der Waals surface area contributed by atoms with Gasteiger partial charge in [0.05, 0.1) is 17.7 Å². The third kappa shape index (κ3) is 1.60. The zero-order valence-electron chi connectivity index (χ0n) is 8.16. The van der Waals surface area contributed by atoms with Gasteiger partial charge >= 0.3 is 0 Å². The molecule has 2 rings (SSSR count). The zero-order chi connectivity index (χ0) is 11.7. The van der Waals surface area contributed by atoms with Gasteiger partial charge in [0, 0.05) is 4.47 Å². The van der Waals surface area contributed by atoms with Crippen molar-refractivity contribution in [3.05, 3.63) is 21.7 Å². The van der Waals surface area contributed by atoms with Gasteiger partial charge in [0.15, 0.2) is 23.6 Å². The monoisotopic (exact) mass is 285 g/mol. The van der Waals surface area contributed by atoms with Crippen LogP contribution in [0.25, 0.3) is 0 Å². The molecule has 0 saturated carbocycles. The molecule has 0 aliphatic carbocycles. The van der Waals surface area contributed by atoms with Gasteiger partial charge in [-0.25, -0.2) is 0 Å². The van der Waals surface area contributed by atoms with E-state index in [4.69, 9.17) is 15.2 Å². The molecule has 0 radical (unpaired) electrons. The summed E-state index contributed by atoms with van der Waals surface area (Å²) in [5.74, 6) is 0.313. The highest BCUT2D eigenvalue weighted by molar-refractivity contribution is 9.10. The molecule has 0 amide bonds. The van der Waals surface area contributed by atoms with E-state index in [0.717, 1.165) is 0 Å². The summed E-state index contributed by atoms with van der Waals surface area (Å²) in [6.45, 7) is -0.133. The summed E-state index contributed by atoms with van der Waals surface area (Å²) in [4.78, 5) is 22.4. The number of carbonyl (C=O) groups excluding carboxylic acids is 2. The van der Waals surface area contributed by atoms with Gasteiger partial charge < -0.3 is 15.2 Å². The number of hydrogen-bond donors (Lipinski definition) is 1. The molecular weight excluding hydrogens is 278 g/mol. The van der Waals surface area contributed by atoms with E-state index >= 15 is 0 Å². The van der Waals surface area contributed by atoms with E-state index in [9.17, 15) is 9.59 Å². The van der Waals surface area contributed by atoms with Crippen LogP contribution in [0.4, 0.5) is 0 Å². The van der Waals surface area contributed by atoms with Crippen molar-refractivity contribution in [1.82, 2.24) is 0 Å². The SMILES string of the molecule is NCC(=O)c1c(Br)cc(C=O)c2c1OCO2. The van der Waals surface area contributed by atoms with Crippen LogP contribution in [0, 0.1) is 0 Å². The summed E-state index contributed by atoms with van der Waals surface area (Å²) in [5, 5.41) is 0. The molecule has 0 saturated heterocycles. The van der Waals surface area contributed by atoms with E-state index in [-0.39, 0.29) is 24.9 Å². The third-order valence-corrected chi connectivity index (χ3v) is 2.84.